The lowest BCUT2D eigenvalue weighted by Crippen LogP contribution is -2.44. The summed E-state index contributed by atoms with van der Waals surface area (Å²) in [5.41, 5.74) is 4.66. The summed E-state index contributed by atoms with van der Waals surface area (Å²) in [6, 6.07) is 5.49. The molecular weight excluding hydrogens is 241 g/mol. The zero-order valence-corrected chi connectivity index (χ0v) is 10.6. The van der Waals surface area contributed by atoms with Crippen molar-refractivity contribution in [3.63, 3.8) is 0 Å². The monoisotopic (exact) mass is 260 g/mol. The summed E-state index contributed by atoms with van der Waals surface area (Å²) in [5.74, 6) is 0. The molecule has 0 heterocycles. The molecule has 2 nitrogen and oxygen atoms in total. The average Bonchev–Trinajstić information content (AvgIpc) is 2.35. The first kappa shape index (κ1) is 14.8. The Morgan fingerprint density at radius 3 is 2.11 bits per heavy atom. The molecule has 1 rings (SSSR count). The van der Waals surface area contributed by atoms with Crippen LogP contribution in [0.15, 0.2) is 24.3 Å². The number of benzene rings is 1. The van der Waals surface area contributed by atoms with Crippen LogP contribution in [0.2, 0.25) is 0 Å². The van der Waals surface area contributed by atoms with Gasteiger partial charge in [0, 0.05) is 17.8 Å². The van der Waals surface area contributed by atoms with Crippen molar-refractivity contribution in [3.05, 3.63) is 29.8 Å². The fourth-order valence-electron chi connectivity index (χ4n) is 1.89. The number of rotatable bonds is 5. The molecule has 0 aromatic heterocycles. The Morgan fingerprint density at radius 2 is 1.67 bits per heavy atom. The Kier molecular flexibility index (Phi) is 4.62. The van der Waals surface area contributed by atoms with Gasteiger partial charge in [0.2, 0.25) is 0 Å². The van der Waals surface area contributed by atoms with E-state index in [0.29, 0.717) is 19.4 Å². The summed E-state index contributed by atoms with van der Waals surface area (Å²) in [4.78, 5) is 0. The largest absolute Gasteiger partial charge is 0.418 e. The summed E-state index contributed by atoms with van der Waals surface area (Å²) in [5, 5.41) is 2.97. The van der Waals surface area contributed by atoms with Gasteiger partial charge in [-0.25, -0.2) is 0 Å². The number of hydrogen-bond donors (Lipinski definition) is 2. The molecule has 0 atom stereocenters. The third-order valence-corrected chi connectivity index (χ3v) is 3.38. The van der Waals surface area contributed by atoms with Crippen LogP contribution in [0.3, 0.4) is 0 Å². The number of halogens is 3. The van der Waals surface area contributed by atoms with Gasteiger partial charge >= 0.3 is 6.18 Å². The van der Waals surface area contributed by atoms with Gasteiger partial charge in [-0.2, -0.15) is 13.2 Å². The first-order valence-electron chi connectivity index (χ1n) is 6.03. The minimum atomic E-state index is -4.36. The van der Waals surface area contributed by atoms with Crippen LogP contribution in [0.5, 0.6) is 0 Å². The van der Waals surface area contributed by atoms with Crippen molar-refractivity contribution < 1.29 is 13.2 Å². The summed E-state index contributed by atoms with van der Waals surface area (Å²) in [7, 11) is 0. The van der Waals surface area contributed by atoms with E-state index in [1.54, 1.807) is 6.07 Å². The van der Waals surface area contributed by atoms with Crippen LogP contribution < -0.4 is 11.1 Å². The van der Waals surface area contributed by atoms with E-state index in [1.807, 2.05) is 13.8 Å². The van der Waals surface area contributed by atoms with E-state index >= 15 is 0 Å². The summed E-state index contributed by atoms with van der Waals surface area (Å²) in [6.45, 7) is 4.13. The van der Waals surface area contributed by atoms with Gasteiger partial charge < -0.3 is 11.1 Å². The molecule has 1 aromatic rings. The zero-order chi connectivity index (χ0) is 13.8. The van der Waals surface area contributed by atoms with Gasteiger partial charge in [0.05, 0.1) is 5.56 Å². The maximum absolute atomic E-state index is 12.9. The van der Waals surface area contributed by atoms with Crippen LogP contribution in [0.25, 0.3) is 0 Å². The van der Waals surface area contributed by atoms with Crippen LogP contribution in [0.4, 0.5) is 18.9 Å². The third kappa shape index (κ3) is 3.16. The molecule has 0 aliphatic heterocycles. The molecule has 0 spiro atoms. The smallest absolute Gasteiger partial charge is 0.378 e. The van der Waals surface area contributed by atoms with Gasteiger partial charge in [-0.3, -0.25) is 0 Å². The van der Waals surface area contributed by atoms with Gasteiger partial charge in [-0.05, 0) is 25.0 Å². The van der Waals surface area contributed by atoms with E-state index in [2.05, 4.69) is 5.32 Å². The first-order chi connectivity index (χ1) is 8.38. The molecule has 0 bridgehead atoms. The van der Waals surface area contributed by atoms with Crippen LogP contribution in [-0.2, 0) is 6.18 Å². The molecule has 0 amide bonds. The van der Waals surface area contributed by atoms with E-state index in [9.17, 15) is 13.2 Å². The van der Waals surface area contributed by atoms with E-state index in [-0.39, 0.29) is 5.69 Å². The minimum absolute atomic E-state index is 0.0964. The molecule has 0 fully saturated rings. The normalized spacial score (nSPS) is 12.6. The van der Waals surface area contributed by atoms with Gasteiger partial charge in [0.25, 0.3) is 0 Å². The maximum Gasteiger partial charge on any atom is 0.418 e. The number of hydrogen-bond acceptors (Lipinski definition) is 2. The van der Waals surface area contributed by atoms with Gasteiger partial charge in [-0.1, -0.05) is 26.0 Å². The third-order valence-electron chi connectivity index (χ3n) is 3.38. The average molecular weight is 260 g/mol. The second-order valence-electron chi connectivity index (χ2n) is 4.36. The lowest BCUT2D eigenvalue weighted by Gasteiger charge is -2.33. The fourth-order valence-corrected chi connectivity index (χ4v) is 1.89. The highest BCUT2D eigenvalue weighted by molar-refractivity contribution is 5.54. The predicted octanol–water partition coefficient (Wildman–Crippen LogP) is 3.63. The molecule has 5 heteroatoms. The number of alkyl halides is 3. The first-order valence-corrected chi connectivity index (χ1v) is 6.03. The highest BCUT2D eigenvalue weighted by atomic mass is 19.4. The second-order valence-corrected chi connectivity index (χ2v) is 4.36. The SMILES string of the molecule is CCC(CC)(CN)Nc1ccccc1C(F)(F)F. The van der Waals surface area contributed by atoms with Crippen molar-refractivity contribution in [3.8, 4) is 0 Å². The van der Waals surface area contributed by atoms with Crippen LogP contribution in [0.1, 0.15) is 32.3 Å². The van der Waals surface area contributed by atoms with E-state index in [4.69, 9.17) is 5.73 Å². The van der Waals surface area contributed by atoms with E-state index in [0.717, 1.165) is 6.07 Å². The molecule has 0 unspecified atom stereocenters. The number of anilines is 1. The molecular formula is C13H19F3N2. The molecule has 3 N–H and O–H groups in total. The van der Waals surface area contributed by atoms with Crippen molar-refractivity contribution >= 4 is 5.69 Å². The fraction of sp³-hybridized carbons (Fsp3) is 0.538. The van der Waals surface area contributed by atoms with E-state index in [1.165, 1.54) is 12.1 Å². The topological polar surface area (TPSA) is 38.0 Å². The maximum atomic E-state index is 12.9. The number of para-hydroxylation sites is 1. The molecule has 0 saturated carbocycles. The standard InChI is InChI=1S/C13H19F3N2/c1-3-12(4-2,9-17)18-11-8-6-5-7-10(11)13(14,15)16/h5-8,18H,3-4,9,17H2,1-2H3. The molecule has 0 radical (unpaired) electrons. The van der Waals surface area contributed by atoms with E-state index < -0.39 is 17.3 Å². The predicted molar refractivity (Wildman–Crippen MR) is 67.4 cm³/mol. The van der Waals surface area contributed by atoms with Crippen molar-refractivity contribution in [2.45, 2.75) is 38.4 Å². The van der Waals surface area contributed by atoms with Gasteiger partial charge in [-0.15, -0.1) is 0 Å². The summed E-state index contributed by atoms with van der Waals surface area (Å²) >= 11 is 0. The second kappa shape index (κ2) is 5.61. The lowest BCUT2D eigenvalue weighted by molar-refractivity contribution is -0.137. The lowest BCUT2D eigenvalue weighted by atomic mass is 9.92. The molecule has 18 heavy (non-hydrogen) atoms. The molecule has 0 saturated heterocycles. The Hall–Kier alpha value is -1.23. The Labute approximate surface area is 105 Å². The Bertz CT molecular complexity index is 376. The highest BCUT2D eigenvalue weighted by Crippen LogP contribution is 2.36. The zero-order valence-electron chi connectivity index (χ0n) is 10.6. The number of nitrogens with one attached hydrogen (secondary N) is 1. The Balaban J connectivity index is 3.11. The molecule has 102 valence electrons. The minimum Gasteiger partial charge on any atom is -0.378 e. The molecule has 0 aliphatic carbocycles. The highest BCUT2D eigenvalue weighted by Gasteiger charge is 2.35. The summed E-state index contributed by atoms with van der Waals surface area (Å²) in [6.07, 6.45) is -3.01. The van der Waals surface area contributed by atoms with Crippen LogP contribution >= 0.6 is 0 Å². The summed E-state index contributed by atoms with van der Waals surface area (Å²) < 4.78 is 38.6. The van der Waals surface area contributed by atoms with Crippen molar-refractivity contribution in [1.29, 1.82) is 0 Å². The quantitative estimate of drug-likeness (QED) is 0.848. The van der Waals surface area contributed by atoms with Gasteiger partial charge in [0.1, 0.15) is 0 Å². The van der Waals surface area contributed by atoms with Crippen molar-refractivity contribution in [2.75, 3.05) is 11.9 Å². The van der Waals surface area contributed by atoms with Gasteiger partial charge in [0.15, 0.2) is 0 Å². The van der Waals surface area contributed by atoms with Crippen LogP contribution in [-0.4, -0.2) is 12.1 Å². The van der Waals surface area contributed by atoms with Crippen molar-refractivity contribution in [1.82, 2.24) is 0 Å². The van der Waals surface area contributed by atoms with Crippen molar-refractivity contribution in [2.24, 2.45) is 5.73 Å². The molecule has 1 aromatic carbocycles. The number of nitrogens with two attached hydrogens (primary N) is 1. The Morgan fingerprint density at radius 1 is 1.11 bits per heavy atom. The van der Waals surface area contributed by atoms with Crippen LogP contribution in [0, 0.1) is 0 Å². The molecule has 0 aliphatic rings.